The Kier molecular flexibility index (Phi) is 11.6. The van der Waals surface area contributed by atoms with Gasteiger partial charge >= 0.3 is 6.18 Å². The van der Waals surface area contributed by atoms with Crippen molar-refractivity contribution < 1.29 is 13.2 Å². The summed E-state index contributed by atoms with van der Waals surface area (Å²) in [6.07, 6.45) is 9.47. The normalized spacial score (nSPS) is 12.8. The number of hydrogen-bond acceptors (Lipinski definition) is 2. The molecule has 1 aromatic rings. The third-order valence-electron chi connectivity index (χ3n) is 4.14. The minimum absolute atomic E-state index is 0.384. The molecule has 1 aromatic carbocycles. The smallest absolute Gasteiger partial charge is 0.308 e. The molecule has 0 aliphatic heterocycles. The SMILES string of the molecule is C/C=C\N(C=NCCCC)c1cc(N(C=NCCCC)/C=C\C)cc(C(F)(F)F)c1. The number of alkyl halides is 3. The molecule has 0 saturated carbocycles. The Morgan fingerprint density at radius 3 is 1.57 bits per heavy atom. The molecule has 0 fully saturated rings. The summed E-state index contributed by atoms with van der Waals surface area (Å²) in [5, 5.41) is 0. The second-order valence-electron chi connectivity index (χ2n) is 6.77. The molecule has 0 spiro atoms. The monoisotopic (exact) mass is 422 g/mol. The molecule has 0 atom stereocenters. The summed E-state index contributed by atoms with van der Waals surface area (Å²) in [6, 6.07) is 3.97. The van der Waals surface area contributed by atoms with Gasteiger partial charge in [-0.3, -0.25) is 9.98 Å². The molecule has 0 bridgehead atoms. The van der Waals surface area contributed by atoms with Gasteiger partial charge in [-0.05, 0) is 44.9 Å². The summed E-state index contributed by atoms with van der Waals surface area (Å²) in [4.78, 5) is 11.9. The molecule has 4 nitrogen and oxygen atoms in total. The zero-order valence-corrected chi connectivity index (χ0v) is 18.4. The predicted molar refractivity (Wildman–Crippen MR) is 123 cm³/mol. The van der Waals surface area contributed by atoms with Crippen LogP contribution in [0.4, 0.5) is 24.5 Å². The standard InChI is InChI=1S/C23H33F3N4/c1-5-9-11-27-18-29(13-7-3)21-15-20(23(24,25)26)16-22(17-21)30(14-8-4)19-28-12-10-6-2/h7-8,13-19H,5-6,9-12H2,1-4H3/b13-7-,14-8-,27-18?,28-19?. The molecule has 1 rings (SSSR count). The number of halogens is 3. The Hall–Kier alpha value is -2.57. The Bertz CT molecular complexity index is 684. The molecule has 0 radical (unpaired) electrons. The summed E-state index contributed by atoms with van der Waals surface area (Å²) in [5.74, 6) is 0. The average Bonchev–Trinajstić information content (AvgIpc) is 2.71. The summed E-state index contributed by atoms with van der Waals surface area (Å²) < 4.78 is 40.8. The highest BCUT2D eigenvalue weighted by molar-refractivity contribution is 5.87. The van der Waals surface area contributed by atoms with Crippen LogP contribution in [0.15, 0.2) is 52.7 Å². The molecule has 0 aliphatic rings. The number of hydrogen-bond donors (Lipinski definition) is 0. The van der Waals surface area contributed by atoms with E-state index < -0.39 is 11.7 Å². The quantitative estimate of drug-likeness (QED) is 0.205. The largest absolute Gasteiger partial charge is 0.416 e. The van der Waals surface area contributed by atoms with E-state index in [1.807, 2.05) is 13.8 Å². The lowest BCUT2D eigenvalue weighted by atomic mass is 10.1. The lowest BCUT2D eigenvalue weighted by Gasteiger charge is -2.22. The van der Waals surface area contributed by atoms with Crippen molar-refractivity contribution in [3.63, 3.8) is 0 Å². The number of rotatable bonds is 12. The van der Waals surface area contributed by atoms with Crippen LogP contribution in [0.3, 0.4) is 0 Å². The number of allylic oxidation sites excluding steroid dienone is 2. The lowest BCUT2D eigenvalue weighted by molar-refractivity contribution is -0.137. The number of aliphatic imine (C=N–C) groups is 2. The first kappa shape index (κ1) is 25.5. The summed E-state index contributed by atoms with van der Waals surface area (Å²) in [7, 11) is 0. The molecular formula is C23H33F3N4. The van der Waals surface area contributed by atoms with Crippen molar-refractivity contribution in [1.29, 1.82) is 0 Å². The molecule has 0 N–H and O–H groups in total. The Morgan fingerprint density at radius 1 is 0.800 bits per heavy atom. The molecule has 0 heterocycles. The van der Waals surface area contributed by atoms with E-state index in [2.05, 4.69) is 23.8 Å². The van der Waals surface area contributed by atoms with Crippen LogP contribution in [0, 0.1) is 0 Å². The van der Waals surface area contributed by atoms with Crippen molar-refractivity contribution in [1.82, 2.24) is 0 Å². The highest BCUT2D eigenvalue weighted by atomic mass is 19.4. The first-order valence-electron chi connectivity index (χ1n) is 10.4. The van der Waals surface area contributed by atoms with E-state index in [1.165, 1.54) is 0 Å². The van der Waals surface area contributed by atoms with E-state index in [-0.39, 0.29) is 0 Å². The zero-order valence-electron chi connectivity index (χ0n) is 18.4. The second-order valence-corrected chi connectivity index (χ2v) is 6.77. The highest BCUT2D eigenvalue weighted by Gasteiger charge is 2.32. The minimum atomic E-state index is -4.47. The Morgan fingerprint density at radius 2 is 1.23 bits per heavy atom. The number of unbranched alkanes of at least 4 members (excludes halogenated alkanes) is 2. The average molecular weight is 423 g/mol. The molecule has 0 saturated heterocycles. The second kappa shape index (κ2) is 13.6. The van der Waals surface area contributed by atoms with Gasteiger partial charge in [0, 0.05) is 36.9 Å². The van der Waals surface area contributed by atoms with E-state index in [0.717, 1.165) is 37.8 Å². The van der Waals surface area contributed by atoms with Gasteiger partial charge in [-0.1, -0.05) is 38.8 Å². The highest BCUT2D eigenvalue weighted by Crippen LogP contribution is 2.35. The molecule has 30 heavy (non-hydrogen) atoms. The van der Waals surface area contributed by atoms with Crippen molar-refractivity contribution in [3.8, 4) is 0 Å². The van der Waals surface area contributed by atoms with Gasteiger partial charge in [-0.25, -0.2) is 0 Å². The van der Waals surface area contributed by atoms with E-state index in [1.54, 1.807) is 53.1 Å². The van der Waals surface area contributed by atoms with Gasteiger partial charge in [0.25, 0.3) is 0 Å². The van der Waals surface area contributed by atoms with Crippen molar-refractivity contribution in [2.45, 2.75) is 59.6 Å². The maximum absolute atomic E-state index is 13.6. The van der Waals surface area contributed by atoms with Gasteiger partial charge in [0.05, 0.1) is 18.2 Å². The van der Waals surface area contributed by atoms with Crippen molar-refractivity contribution >= 4 is 24.1 Å². The lowest BCUT2D eigenvalue weighted by Crippen LogP contribution is -2.19. The fraction of sp³-hybridized carbons (Fsp3) is 0.478. The minimum Gasteiger partial charge on any atom is -0.308 e. The first-order valence-corrected chi connectivity index (χ1v) is 10.4. The van der Waals surface area contributed by atoms with Gasteiger partial charge in [-0.2, -0.15) is 13.2 Å². The summed E-state index contributed by atoms with van der Waals surface area (Å²) in [5.41, 5.74) is 0.0483. The number of nitrogens with zero attached hydrogens (tertiary/aromatic N) is 4. The van der Waals surface area contributed by atoms with E-state index in [0.29, 0.717) is 24.5 Å². The summed E-state index contributed by atoms with van der Waals surface area (Å²) >= 11 is 0. The van der Waals surface area contributed by atoms with E-state index >= 15 is 0 Å². The molecular weight excluding hydrogens is 389 g/mol. The molecule has 7 heteroatoms. The first-order chi connectivity index (χ1) is 14.4. The van der Waals surface area contributed by atoms with Crippen LogP contribution >= 0.6 is 0 Å². The van der Waals surface area contributed by atoms with Crippen molar-refractivity contribution in [2.75, 3.05) is 22.9 Å². The van der Waals surface area contributed by atoms with Gasteiger partial charge in [0.2, 0.25) is 0 Å². The molecule has 0 unspecified atom stereocenters. The van der Waals surface area contributed by atoms with Gasteiger partial charge in [0.1, 0.15) is 0 Å². The maximum atomic E-state index is 13.6. The van der Waals surface area contributed by atoms with Crippen LogP contribution in [-0.4, -0.2) is 25.8 Å². The molecule has 0 amide bonds. The van der Waals surface area contributed by atoms with Crippen LogP contribution in [0.1, 0.15) is 58.9 Å². The maximum Gasteiger partial charge on any atom is 0.416 e. The molecule has 0 aliphatic carbocycles. The molecule has 0 aromatic heterocycles. The zero-order chi connectivity index (χ0) is 22.4. The van der Waals surface area contributed by atoms with Crippen LogP contribution in [0.2, 0.25) is 0 Å². The molecule has 166 valence electrons. The summed E-state index contributed by atoms with van der Waals surface area (Å²) in [6.45, 7) is 9.02. The number of anilines is 2. The van der Waals surface area contributed by atoms with Gasteiger partial charge < -0.3 is 9.80 Å². The van der Waals surface area contributed by atoms with Gasteiger partial charge in [-0.15, -0.1) is 0 Å². The van der Waals surface area contributed by atoms with Crippen molar-refractivity contribution in [3.05, 3.63) is 48.3 Å². The van der Waals surface area contributed by atoms with Crippen LogP contribution in [0.5, 0.6) is 0 Å². The van der Waals surface area contributed by atoms with Crippen molar-refractivity contribution in [2.24, 2.45) is 9.98 Å². The van der Waals surface area contributed by atoms with Crippen LogP contribution < -0.4 is 9.80 Å². The fourth-order valence-electron chi connectivity index (χ4n) is 2.55. The van der Waals surface area contributed by atoms with Gasteiger partial charge in [0.15, 0.2) is 0 Å². The van der Waals surface area contributed by atoms with Crippen LogP contribution in [0.25, 0.3) is 0 Å². The van der Waals surface area contributed by atoms with Crippen LogP contribution in [-0.2, 0) is 6.18 Å². The fourth-order valence-corrected chi connectivity index (χ4v) is 2.55. The Labute approximate surface area is 178 Å². The third-order valence-corrected chi connectivity index (χ3v) is 4.14. The van der Waals surface area contributed by atoms with E-state index in [4.69, 9.17) is 0 Å². The van der Waals surface area contributed by atoms with E-state index in [9.17, 15) is 13.2 Å². The topological polar surface area (TPSA) is 31.2 Å². The third kappa shape index (κ3) is 8.84. The Balaban J connectivity index is 3.41. The number of benzene rings is 1. The predicted octanol–water partition coefficient (Wildman–Crippen LogP) is 7.04.